The monoisotopic (exact) mass is 453 g/mol. The van der Waals surface area contributed by atoms with Crippen molar-refractivity contribution in [3.8, 4) is 5.75 Å². The number of rotatable bonds is 13. The van der Waals surface area contributed by atoms with Gasteiger partial charge in [0.05, 0.1) is 13.2 Å². The number of nitrogens with one attached hydrogen (secondary N) is 3. The van der Waals surface area contributed by atoms with Crippen molar-refractivity contribution in [1.82, 2.24) is 16.0 Å². The molecule has 13 nitrogen and oxygen atoms in total. The van der Waals surface area contributed by atoms with Gasteiger partial charge in [-0.2, -0.15) is 0 Å². The van der Waals surface area contributed by atoms with E-state index in [1.807, 2.05) is 0 Å². The molecule has 0 spiro atoms. The molecular formula is C19H27N5O8. The number of nitrogens with two attached hydrogens (primary N) is 2. The zero-order chi connectivity index (χ0) is 24.3. The van der Waals surface area contributed by atoms with Crippen molar-refractivity contribution in [3.05, 3.63) is 29.8 Å². The van der Waals surface area contributed by atoms with Gasteiger partial charge in [0.1, 0.15) is 23.9 Å². The lowest BCUT2D eigenvalue weighted by molar-refractivity contribution is -0.143. The molecule has 0 fully saturated rings. The number of aromatic hydroxyl groups is 1. The standard InChI is InChI=1S/C19H27N5O8/c20-8-16(28)22-13(7-10-1-3-11(26)4-2-10)18(30)23-12(5-6-15(21)27)17(29)24-14(9-25)19(31)32/h1-4,12-14,25-26H,5-9,20H2,(H2,21,27)(H,22,28)(H,23,30)(H,24,29)(H,31,32). The Morgan fingerprint density at radius 3 is 1.97 bits per heavy atom. The highest BCUT2D eigenvalue weighted by atomic mass is 16.4. The number of carbonyl (C=O) groups is 5. The third-order valence-corrected chi connectivity index (χ3v) is 4.32. The van der Waals surface area contributed by atoms with Gasteiger partial charge in [-0.3, -0.25) is 19.2 Å². The summed E-state index contributed by atoms with van der Waals surface area (Å²) in [6, 6.07) is 1.66. The lowest BCUT2D eigenvalue weighted by Crippen LogP contribution is -2.57. The van der Waals surface area contributed by atoms with E-state index < -0.39 is 60.9 Å². The van der Waals surface area contributed by atoms with E-state index in [0.717, 1.165) is 0 Å². The van der Waals surface area contributed by atoms with Crippen LogP contribution in [0.5, 0.6) is 5.75 Å². The number of hydrogen-bond donors (Lipinski definition) is 8. The summed E-state index contributed by atoms with van der Waals surface area (Å²) in [6.45, 7) is -1.30. The Bertz CT molecular complexity index is 830. The summed E-state index contributed by atoms with van der Waals surface area (Å²) in [5.74, 6) is -4.67. The van der Waals surface area contributed by atoms with Gasteiger partial charge in [0.25, 0.3) is 0 Å². The summed E-state index contributed by atoms with van der Waals surface area (Å²) >= 11 is 0. The molecule has 0 aliphatic heterocycles. The maximum absolute atomic E-state index is 12.8. The van der Waals surface area contributed by atoms with E-state index >= 15 is 0 Å². The van der Waals surface area contributed by atoms with Crippen LogP contribution < -0.4 is 27.4 Å². The molecule has 1 aromatic rings. The molecule has 3 atom stereocenters. The Morgan fingerprint density at radius 1 is 0.906 bits per heavy atom. The first kappa shape index (κ1) is 26.3. The Balaban J connectivity index is 3.03. The fourth-order valence-electron chi connectivity index (χ4n) is 2.62. The van der Waals surface area contributed by atoms with Crippen molar-refractivity contribution in [3.63, 3.8) is 0 Å². The summed E-state index contributed by atoms with van der Waals surface area (Å²) < 4.78 is 0. The van der Waals surface area contributed by atoms with Gasteiger partial charge in [0, 0.05) is 12.8 Å². The van der Waals surface area contributed by atoms with E-state index in [2.05, 4.69) is 16.0 Å². The maximum Gasteiger partial charge on any atom is 0.328 e. The second-order valence-electron chi connectivity index (χ2n) is 6.84. The maximum atomic E-state index is 12.8. The van der Waals surface area contributed by atoms with E-state index in [1.165, 1.54) is 24.3 Å². The summed E-state index contributed by atoms with van der Waals surface area (Å²) in [6.07, 6.45) is -0.565. The minimum absolute atomic E-state index is 0.000741. The quantitative estimate of drug-likeness (QED) is 0.149. The minimum Gasteiger partial charge on any atom is -0.508 e. The van der Waals surface area contributed by atoms with E-state index in [4.69, 9.17) is 21.7 Å². The van der Waals surface area contributed by atoms with E-state index in [1.54, 1.807) is 0 Å². The second kappa shape index (κ2) is 12.9. The molecule has 0 aromatic heterocycles. The average Bonchev–Trinajstić information content (AvgIpc) is 2.74. The average molecular weight is 453 g/mol. The predicted molar refractivity (Wildman–Crippen MR) is 110 cm³/mol. The van der Waals surface area contributed by atoms with Gasteiger partial charge >= 0.3 is 5.97 Å². The van der Waals surface area contributed by atoms with Crippen LogP contribution in [0.2, 0.25) is 0 Å². The fourth-order valence-corrected chi connectivity index (χ4v) is 2.62. The Morgan fingerprint density at radius 2 is 1.47 bits per heavy atom. The molecule has 0 saturated heterocycles. The van der Waals surface area contributed by atoms with Crippen LogP contribution in [0.3, 0.4) is 0 Å². The molecule has 0 aliphatic carbocycles. The lowest BCUT2D eigenvalue weighted by atomic mass is 10.0. The number of hydrogen-bond acceptors (Lipinski definition) is 8. The number of phenols is 1. The van der Waals surface area contributed by atoms with Gasteiger partial charge in [0.15, 0.2) is 0 Å². The number of amides is 4. The molecule has 0 radical (unpaired) electrons. The van der Waals surface area contributed by atoms with Crippen LogP contribution in [-0.4, -0.2) is 76.2 Å². The highest BCUT2D eigenvalue weighted by Gasteiger charge is 2.29. The zero-order valence-corrected chi connectivity index (χ0v) is 17.1. The van der Waals surface area contributed by atoms with Crippen molar-refractivity contribution in [2.75, 3.05) is 13.2 Å². The Kier molecular flexibility index (Phi) is 10.6. The smallest absolute Gasteiger partial charge is 0.328 e. The van der Waals surface area contributed by atoms with Crippen molar-refractivity contribution >= 4 is 29.6 Å². The van der Waals surface area contributed by atoms with Crippen molar-refractivity contribution in [2.24, 2.45) is 11.5 Å². The minimum atomic E-state index is -1.62. The van der Waals surface area contributed by atoms with Crippen LogP contribution >= 0.6 is 0 Å². The molecule has 32 heavy (non-hydrogen) atoms. The van der Waals surface area contributed by atoms with Gasteiger partial charge in [-0.05, 0) is 24.1 Å². The first-order chi connectivity index (χ1) is 15.1. The highest BCUT2D eigenvalue weighted by Crippen LogP contribution is 2.12. The van der Waals surface area contributed by atoms with Crippen molar-refractivity contribution in [2.45, 2.75) is 37.4 Å². The van der Waals surface area contributed by atoms with E-state index in [-0.39, 0.29) is 25.0 Å². The van der Waals surface area contributed by atoms with E-state index in [0.29, 0.717) is 5.56 Å². The molecule has 4 amide bonds. The Hall–Kier alpha value is -3.71. The van der Waals surface area contributed by atoms with Gasteiger partial charge in [-0.25, -0.2) is 4.79 Å². The number of phenolic OH excluding ortho intramolecular Hbond substituents is 1. The highest BCUT2D eigenvalue weighted by molar-refractivity contribution is 5.94. The molecular weight excluding hydrogens is 426 g/mol. The number of carbonyl (C=O) groups excluding carboxylic acids is 4. The first-order valence-corrected chi connectivity index (χ1v) is 9.57. The summed E-state index contributed by atoms with van der Waals surface area (Å²) in [5.41, 5.74) is 11.0. The topological polar surface area (TPSA) is 234 Å². The third kappa shape index (κ3) is 8.97. The molecule has 176 valence electrons. The number of aliphatic hydroxyl groups is 1. The van der Waals surface area contributed by atoms with Crippen LogP contribution in [0.25, 0.3) is 0 Å². The molecule has 0 heterocycles. The molecule has 1 rings (SSSR count). The van der Waals surface area contributed by atoms with Crippen LogP contribution in [0, 0.1) is 0 Å². The molecule has 10 N–H and O–H groups in total. The summed E-state index contributed by atoms with van der Waals surface area (Å²) in [7, 11) is 0. The number of carboxylic acids is 1. The molecule has 3 unspecified atom stereocenters. The molecule has 0 saturated carbocycles. The molecule has 0 aliphatic rings. The molecule has 13 heteroatoms. The largest absolute Gasteiger partial charge is 0.508 e. The van der Waals surface area contributed by atoms with Gasteiger partial charge in [-0.15, -0.1) is 0 Å². The summed E-state index contributed by atoms with van der Waals surface area (Å²) in [5, 5.41) is 34.3. The van der Waals surface area contributed by atoms with Crippen LogP contribution in [0.15, 0.2) is 24.3 Å². The molecule has 1 aromatic carbocycles. The van der Waals surface area contributed by atoms with Gasteiger partial charge in [-0.1, -0.05) is 12.1 Å². The van der Waals surface area contributed by atoms with Gasteiger partial charge < -0.3 is 42.7 Å². The van der Waals surface area contributed by atoms with Crippen LogP contribution in [0.1, 0.15) is 18.4 Å². The normalized spacial score (nSPS) is 13.3. The number of benzene rings is 1. The summed E-state index contributed by atoms with van der Waals surface area (Å²) in [4.78, 5) is 59.3. The van der Waals surface area contributed by atoms with Crippen LogP contribution in [-0.2, 0) is 30.4 Å². The lowest BCUT2D eigenvalue weighted by Gasteiger charge is -2.24. The van der Waals surface area contributed by atoms with Gasteiger partial charge in [0.2, 0.25) is 23.6 Å². The Labute approximate surface area is 183 Å². The van der Waals surface area contributed by atoms with Crippen molar-refractivity contribution in [1.29, 1.82) is 0 Å². The third-order valence-electron chi connectivity index (χ3n) is 4.32. The number of primary amides is 1. The second-order valence-corrected chi connectivity index (χ2v) is 6.84. The fraction of sp³-hybridized carbons (Fsp3) is 0.421. The van der Waals surface area contributed by atoms with Crippen LogP contribution in [0.4, 0.5) is 0 Å². The zero-order valence-electron chi connectivity index (χ0n) is 17.1. The van der Waals surface area contributed by atoms with Crippen molar-refractivity contribution < 1.29 is 39.3 Å². The number of carboxylic acid groups (broad SMARTS) is 1. The number of aliphatic carboxylic acids is 1. The number of aliphatic hydroxyl groups excluding tert-OH is 1. The molecule has 0 bridgehead atoms. The van der Waals surface area contributed by atoms with E-state index in [9.17, 15) is 29.1 Å². The predicted octanol–water partition coefficient (Wildman–Crippen LogP) is -3.31. The SMILES string of the molecule is NCC(=O)NC(Cc1ccc(O)cc1)C(=O)NC(CCC(N)=O)C(=O)NC(CO)C(=O)O. The first-order valence-electron chi connectivity index (χ1n) is 9.57.